The number of anilines is 1. The minimum atomic E-state index is -3.47. The van der Waals surface area contributed by atoms with E-state index in [1.54, 1.807) is 11.1 Å². The Kier molecular flexibility index (Phi) is 5.61. The molecule has 0 saturated carbocycles. The zero-order valence-electron chi connectivity index (χ0n) is 17.2. The third-order valence-electron chi connectivity index (χ3n) is 5.45. The van der Waals surface area contributed by atoms with E-state index in [0.29, 0.717) is 24.5 Å². The number of aromatic nitrogens is 2. The average Bonchev–Trinajstić information content (AvgIpc) is 3.34. The summed E-state index contributed by atoms with van der Waals surface area (Å²) in [6.07, 6.45) is 4.01. The van der Waals surface area contributed by atoms with Crippen LogP contribution in [-0.4, -0.2) is 47.4 Å². The van der Waals surface area contributed by atoms with Crippen LogP contribution in [0.15, 0.2) is 36.5 Å². The van der Waals surface area contributed by atoms with Crippen LogP contribution in [0, 0.1) is 13.8 Å². The lowest BCUT2D eigenvalue weighted by Crippen LogP contribution is -2.47. The van der Waals surface area contributed by atoms with E-state index in [1.165, 1.54) is 21.2 Å². The van der Waals surface area contributed by atoms with Gasteiger partial charge in [-0.1, -0.05) is 17.4 Å². The van der Waals surface area contributed by atoms with Gasteiger partial charge in [0.15, 0.2) is 5.13 Å². The first-order valence-electron chi connectivity index (χ1n) is 9.80. The number of amides is 1. The molecule has 0 bridgehead atoms. The summed E-state index contributed by atoms with van der Waals surface area (Å²) in [5, 5.41) is 0.561. The molecule has 0 N–H and O–H groups in total. The molecule has 158 valence electrons. The Morgan fingerprint density at radius 2 is 2.03 bits per heavy atom. The van der Waals surface area contributed by atoms with Gasteiger partial charge in [-0.2, -0.15) is 4.31 Å². The summed E-state index contributed by atoms with van der Waals surface area (Å²) in [7, 11) is -3.47. The van der Waals surface area contributed by atoms with Crippen LogP contribution >= 0.6 is 11.3 Å². The van der Waals surface area contributed by atoms with Crippen LogP contribution in [0.2, 0.25) is 0 Å². The Morgan fingerprint density at radius 1 is 1.27 bits per heavy atom. The summed E-state index contributed by atoms with van der Waals surface area (Å²) in [5.74, 6) is -0.254. The number of aryl methyl sites for hydroxylation is 2. The highest BCUT2D eigenvalue weighted by Crippen LogP contribution is 2.33. The molecule has 1 amide bonds. The Balaban J connectivity index is 1.76. The first kappa shape index (κ1) is 20.9. The molecule has 30 heavy (non-hydrogen) atoms. The van der Waals surface area contributed by atoms with Gasteiger partial charge in [0.2, 0.25) is 15.9 Å². The van der Waals surface area contributed by atoms with Crippen LogP contribution in [0.4, 0.5) is 5.13 Å². The number of carbonyl (C=O) groups excluding carboxylic acids is 1. The molecule has 1 aliphatic heterocycles. The van der Waals surface area contributed by atoms with Crippen molar-refractivity contribution in [2.24, 2.45) is 0 Å². The van der Waals surface area contributed by atoms with Gasteiger partial charge in [0.25, 0.3) is 0 Å². The first-order chi connectivity index (χ1) is 14.2. The van der Waals surface area contributed by atoms with Crippen LogP contribution in [0.3, 0.4) is 0 Å². The molecule has 4 rings (SSSR count). The van der Waals surface area contributed by atoms with Crippen LogP contribution < -0.4 is 4.90 Å². The molecule has 0 aliphatic carbocycles. The first-order valence-corrected chi connectivity index (χ1v) is 12.5. The summed E-state index contributed by atoms with van der Waals surface area (Å²) in [6, 6.07) is 8.93. The number of sulfonamides is 1. The lowest BCUT2D eigenvalue weighted by molar-refractivity contribution is -0.121. The van der Waals surface area contributed by atoms with Gasteiger partial charge in [-0.3, -0.25) is 14.7 Å². The van der Waals surface area contributed by atoms with Crippen LogP contribution in [0.1, 0.15) is 29.7 Å². The molecule has 1 fully saturated rings. The van der Waals surface area contributed by atoms with Gasteiger partial charge in [-0.25, -0.2) is 13.4 Å². The summed E-state index contributed by atoms with van der Waals surface area (Å²) >= 11 is 1.44. The molecule has 2 aromatic heterocycles. The number of fused-ring (bicyclic) bond motifs is 1. The maximum atomic E-state index is 13.6. The van der Waals surface area contributed by atoms with E-state index in [1.807, 2.05) is 38.1 Å². The van der Waals surface area contributed by atoms with Crippen molar-refractivity contribution in [3.05, 3.63) is 53.3 Å². The Bertz CT molecular complexity index is 1150. The second kappa shape index (κ2) is 8.05. The van der Waals surface area contributed by atoms with Gasteiger partial charge >= 0.3 is 0 Å². The van der Waals surface area contributed by atoms with Gasteiger partial charge in [0.1, 0.15) is 6.04 Å². The SMILES string of the molecule is Cc1cc2nc(N(Cc3ccccn3)C(=O)C3CCCN3S(C)(=O)=O)sc2cc1C. The molecule has 3 heterocycles. The molecule has 1 aliphatic rings. The van der Waals surface area contributed by atoms with E-state index in [-0.39, 0.29) is 12.5 Å². The van der Waals surface area contributed by atoms with Gasteiger partial charge in [-0.05, 0) is 62.1 Å². The normalized spacial score (nSPS) is 17.5. The highest BCUT2D eigenvalue weighted by molar-refractivity contribution is 7.88. The molecule has 0 spiro atoms. The number of carbonyl (C=O) groups is 1. The Hall–Kier alpha value is -2.36. The predicted octanol–water partition coefficient (Wildman–Crippen LogP) is 3.27. The van der Waals surface area contributed by atoms with Gasteiger partial charge in [0, 0.05) is 12.7 Å². The quantitative estimate of drug-likeness (QED) is 0.603. The molecule has 1 saturated heterocycles. The molecular weight excluding hydrogens is 420 g/mol. The molecule has 7 nitrogen and oxygen atoms in total. The van der Waals surface area contributed by atoms with Crippen molar-refractivity contribution >= 4 is 42.6 Å². The largest absolute Gasteiger partial charge is 0.281 e. The zero-order chi connectivity index (χ0) is 21.5. The fourth-order valence-corrected chi connectivity index (χ4v) is 5.91. The minimum Gasteiger partial charge on any atom is -0.281 e. The smallest absolute Gasteiger partial charge is 0.247 e. The van der Waals surface area contributed by atoms with E-state index >= 15 is 0 Å². The number of rotatable bonds is 5. The molecule has 3 aromatic rings. The van der Waals surface area contributed by atoms with Crippen LogP contribution in [0.25, 0.3) is 10.2 Å². The lowest BCUT2D eigenvalue weighted by Gasteiger charge is -2.27. The number of hydrogen-bond acceptors (Lipinski definition) is 6. The highest BCUT2D eigenvalue weighted by atomic mass is 32.2. The fourth-order valence-electron chi connectivity index (χ4n) is 3.74. The molecule has 1 aromatic carbocycles. The summed E-state index contributed by atoms with van der Waals surface area (Å²) in [5.41, 5.74) is 3.87. The van der Waals surface area contributed by atoms with E-state index in [2.05, 4.69) is 11.1 Å². The van der Waals surface area contributed by atoms with Crippen molar-refractivity contribution < 1.29 is 13.2 Å². The third kappa shape index (κ3) is 4.10. The number of hydrogen-bond donors (Lipinski definition) is 0. The topological polar surface area (TPSA) is 83.5 Å². The summed E-state index contributed by atoms with van der Waals surface area (Å²) < 4.78 is 26.7. The number of pyridine rings is 1. The second-order valence-electron chi connectivity index (χ2n) is 7.68. The van der Waals surface area contributed by atoms with Crippen molar-refractivity contribution in [1.29, 1.82) is 0 Å². The predicted molar refractivity (Wildman–Crippen MR) is 119 cm³/mol. The minimum absolute atomic E-state index is 0.242. The summed E-state index contributed by atoms with van der Waals surface area (Å²) in [6.45, 7) is 4.69. The van der Waals surface area contributed by atoms with Crippen molar-refractivity contribution in [2.45, 2.75) is 39.3 Å². The lowest BCUT2D eigenvalue weighted by atomic mass is 10.1. The molecular formula is C21H24N4O3S2. The number of thiazole rings is 1. The van der Waals surface area contributed by atoms with Gasteiger partial charge in [-0.15, -0.1) is 0 Å². The van der Waals surface area contributed by atoms with Crippen molar-refractivity contribution in [1.82, 2.24) is 14.3 Å². The van der Waals surface area contributed by atoms with Crippen molar-refractivity contribution in [2.75, 3.05) is 17.7 Å². The monoisotopic (exact) mass is 444 g/mol. The van der Waals surface area contributed by atoms with Crippen LogP contribution in [0.5, 0.6) is 0 Å². The zero-order valence-corrected chi connectivity index (χ0v) is 18.8. The molecule has 9 heteroatoms. The number of nitrogens with zero attached hydrogens (tertiary/aromatic N) is 4. The maximum absolute atomic E-state index is 13.6. The molecule has 1 unspecified atom stereocenters. The van der Waals surface area contributed by atoms with E-state index in [4.69, 9.17) is 4.98 Å². The van der Waals surface area contributed by atoms with E-state index < -0.39 is 16.1 Å². The summed E-state index contributed by atoms with van der Waals surface area (Å²) in [4.78, 5) is 24.2. The third-order valence-corrected chi connectivity index (χ3v) is 7.78. The molecule has 1 atom stereocenters. The average molecular weight is 445 g/mol. The van der Waals surface area contributed by atoms with E-state index in [0.717, 1.165) is 27.7 Å². The second-order valence-corrected chi connectivity index (χ2v) is 10.6. The standard InChI is InChI=1S/C21H24N4O3S2/c1-14-11-17-19(12-15(14)2)29-21(23-17)24(13-16-7-4-5-9-22-16)20(26)18-8-6-10-25(18)30(3,27)28/h4-5,7,9,11-12,18H,6,8,10,13H2,1-3H3. The fraction of sp³-hybridized carbons (Fsp3) is 0.381. The molecule has 0 radical (unpaired) electrons. The van der Waals surface area contributed by atoms with Crippen LogP contribution in [-0.2, 0) is 21.4 Å². The Labute approximate surface area is 180 Å². The van der Waals surface area contributed by atoms with Crippen molar-refractivity contribution in [3.63, 3.8) is 0 Å². The van der Waals surface area contributed by atoms with Crippen molar-refractivity contribution in [3.8, 4) is 0 Å². The maximum Gasteiger partial charge on any atom is 0.247 e. The van der Waals surface area contributed by atoms with Gasteiger partial charge < -0.3 is 0 Å². The van der Waals surface area contributed by atoms with Gasteiger partial charge in [0.05, 0.1) is 28.7 Å². The highest BCUT2D eigenvalue weighted by Gasteiger charge is 2.39. The van der Waals surface area contributed by atoms with E-state index in [9.17, 15) is 13.2 Å². The Morgan fingerprint density at radius 3 is 2.73 bits per heavy atom. The number of benzene rings is 1.